The Kier molecular flexibility index (Phi) is 3.09. The maximum atomic E-state index is 5.93. The molecule has 0 fully saturated rings. The van der Waals surface area contributed by atoms with Crippen LogP contribution in [0.4, 0.5) is 0 Å². The van der Waals surface area contributed by atoms with Crippen LogP contribution in [-0.4, -0.2) is 0 Å². The molecular weight excluding hydrogens is 154 g/mol. The lowest BCUT2D eigenvalue weighted by Gasteiger charge is -2.07. The lowest BCUT2D eigenvalue weighted by atomic mass is 10.1. The average Bonchev–Trinajstić information content (AvgIpc) is 2.50. The molecule has 1 unspecified atom stereocenters. The smallest absolute Gasteiger partial charge is 0.0389 e. The van der Waals surface area contributed by atoms with Gasteiger partial charge in [0.05, 0.1) is 0 Å². The standard InChI is InChI=1S/C9H15NS/c1-3-7-5-6-11-9(7)8(10)4-2/h5-6,8H,3-4,10H2,1-2H3. The third kappa shape index (κ3) is 1.82. The van der Waals surface area contributed by atoms with E-state index in [1.807, 2.05) is 0 Å². The minimum atomic E-state index is 0.255. The molecule has 0 saturated carbocycles. The van der Waals surface area contributed by atoms with Crippen LogP contribution < -0.4 is 5.73 Å². The fourth-order valence-electron chi connectivity index (χ4n) is 1.15. The van der Waals surface area contributed by atoms with Crippen LogP contribution in [0.3, 0.4) is 0 Å². The molecule has 0 bridgehead atoms. The van der Waals surface area contributed by atoms with Crippen LogP contribution >= 0.6 is 11.3 Å². The molecule has 2 N–H and O–H groups in total. The van der Waals surface area contributed by atoms with Gasteiger partial charge in [0.25, 0.3) is 0 Å². The number of aryl methyl sites for hydroxylation is 1. The predicted octanol–water partition coefficient (Wildman–Crippen LogP) is 2.72. The van der Waals surface area contributed by atoms with E-state index in [-0.39, 0.29) is 6.04 Å². The zero-order chi connectivity index (χ0) is 8.27. The van der Waals surface area contributed by atoms with Crippen molar-refractivity contribution in [2.45, 2.75) is 32.7 Å². The Morgan fingerprint density at radius 1 is 1.55 bits per heavy atom. The van der Waals surface area contributed by atoms with Crippen molar-refractivity contribution < 1.29 is 0 Å². The van der Waals surface area contributed by atoms with E-state index < -0.39 is 0 Å². The van der Waals surface area contributed by atoms with Crippen LogP contribution in [0, 0.1) is 0 Å². The van der Waals surface area contributed by atoms with Crippen molar-refractivity contribution in [3.63, 3.8) is 0 Å². The van der Waals surface area contributed by atoms with Gasteiger partial charge in [-0.15, -0.1) is 11.3 Å². The van der Waals surface area contributed by atoms with Crippen molar-refractivity contribution in [3.8, 4) is 0 Å². The molecule has 0 radical (unpaired) electrons. The molecule has 1 aromatic rings. The van der Waals surface area contributed by atoms with E-state index in [4.69, 9.17) is 5.73 Å². The number of nitrogens with two attached hydrogens (primary N) is 1. The Bertz CT molecular complexity index is 217. The molecule has 0 aliphatic rings. The van der Waals surface area contributed by atoms with Gasteiger partial charge in [-0.2, -0.15) is 0 Å². The summed E-state index contributed by atoms with van der Waals surface area (Å²) in [5.41, 5.74) is 7.35. The SMILES string of the molecule is CCc1ccsc1C(N)CC. The molecular formula is C9H15NS. The van der Waals surface area contributed by atoms with Gasteiger partial charge in [0.15, 0.2) is 0 Å². The molecule has 1 atom stereocenters. The summed E-state index contributed by atoms with van der Waals surface area (Å²) in [5.74, 6) is 0. The van der Waals surface area contributed by atoms with Crippen LogP contribution in [0.2, 0.25) is 0 Å². The van der Waals surface area contributed by atoms with Gasteiger partial charge in [-0.1, -0.05) is 13.8 Å². The number of rotatable bonds is 3. The normalized spacial score (nSPS) is 13.4. The monoisotopic (exact) mass is 169 g/mol. The van der Waals surface area contributed by atoms with Gasteiger partial charge in [0, 0.05) is 10.9 Å². The van der Waals surface area contributed by atoms with E-state index in [1.54, 1.807) is 11.3 Å². The first kappa shape index (κ1) is 8.75. The molecule has 0 saturated heterocycles. The summed E-state index contributed by atoms with van der Waals surface area (Å²) in [6.45, 7) is 4.30. The Balaban J connectivity index is 2.83. The summed E-state index contributed by atoms with van der Waals surface area (Å²) in [6.07, 6.45) is 2.14. The second-order valence-corrected chi connectivity index (χ2v) is 3.63. The summed E-state index contributed by atoms with van der Waals surface area (Å²) in [4.78, 5) is 1.37. The highest BCUT2D eigenvalue weighted by atomic mass is 32.1. The maximum Gasteiger partial charge on any atom is 0.0389 e. The number of hydrogen-bond acceptors (Lipinski definition) is 2. The van der Waals surface area contributed by atoms with Crippen molar-refractivity contribution in [2.24, 2.45) is 5.73 Å². The van der Waals surface area contributed by atoms with Crippen molar-refractivity contribution in [3.05, 3.63) is 21.9 Å². The molecule has 1 aromatic heterocycles. The molecule has 0 amide bonds. The lowest BCUT2D eigenvalue weighted by molar-refractivity contribution is 0.704. The van der Waals surface area contributed by atoms with Crippen LogP contribution in [-0.2, 0) is 6.42 Å². The summed E-state index contributed by atoms with van der Waals surface area (Å²) < 4.78 is 0. The van der Waals surface area contributed by atoms with E-state index in [0.717, 1.165) is 12.8 Å². The van der Waals surface area contributed by atoms with Crippen molar-refractivity contribution in [1.82, 2.24) is 0 Å². The minimum Gasteiger partial charge on any atom is -0.323 e. The summed E-state index contributed by atoms with van der Waals surface area (Å²) in [5, 5.41) is 2.13. The fraction of sp³-hybridized carbons (Fsp3) is 0.556. The first-order chi connectivity index (χ1) is 5.29. The van der Waals surface area contributed by atoms with E-state index in [2.05, 4.69) is 25.3 Å². The van der Waals surface area contributed by atoms with Gasteiger partial charge in [-0.3, -0.25) is 0 Å². The molecule has 1 nitrogen and oxygen atoms in total. The Morgan fingerprint density at radius 2 is 2.27 bits per heavy atom. The first-order valence-corrected chi connectivity index (χ1v) is 4.99. The summed E-state index contributed by atoms with van der Waals surface area (Å²) in [6, 6.07) is 2.43. The number of hydrogen-bond donors (Lipinski definition) is 1. The Hall–Kier alpha value is -0.340. The maximum absolute atomic E-state index is 5.93. The third-order valence-electron chi connectivity index (χ3n) is 1.94. The van der Waals surface area contributed by atoms with Crippen LogP contribution in [0.15, 0.2) is 11.4 Å². The predicted molar refractivity (Wildman–Crippen MR) is 50.9 cm³/mol. The Labute approximate surface area is 72.2 Å². The van der Waals surface area contributed by atoms with E-state index in [1.165, 1.54) is 10.4 Å². The highest BCUT2D eigenvalue weighted by Crippen LogP contribution is 2.24. The molecule has 0 spiro atoms. The first-order valence-electron chi connectivity index (χ1n) is 4.11. The molecule has 11 heavy (non-hydrogen) atoms. The van der Waals surface area contributed by atoms with Crippen LogP contribution in [0.5, 0.6) is 0 Å². The number of thiophene rings is 1. The second kappa shape index (κ2) is 3.88. The zero-order valence-corrected chi connectivity index (χ0v) is 7.95. The minimum absolute atomic E-state index is 0.255. The quantitative estimate of drug-likeness (QED) is 0.739. The molecule has 1 rings (SSSR count). The van der Waals surface area contributed by atoms with Crippen LogP contribution in [0.1, 0.15) is 36.8 Å². The largest absolute Gasteiger partial charge is 0.323 e. The van der Waals surface area contributed by atoms with E-state index >= 15 is 0 Å². The van der Waals surface area contributed by atoms with Gasteiger partial charge in [-0.25, -0.2) is 0 Å². The van der Waals surface area contributed by atoms with Gasteiger partial charge < -0.3 is 5.73 Å². The van der Waals surface area contributed by atoms with Crippen molar-refractivity contribution in [1.29, 1.82) is 0 Å². The van der Waals surface area contributed by atoms with Gasteiger partial charge >= 0.3 is 0 Å². The highest BCUT2D eigenvalue weighted by molar-refractivity contribution is 7.10. The molecule has 0 aromatic carbocycles. The highest BCUT2D eigenvalue weighted by Gasteiger charge is 2.08. The molecule has 62 valence electrons. The molecule has 1 heterocycles. The Morgan fingerprint density at radius 3 is 2.82 bits per heavy atom. The summed E-state index contributed by atoms with van der Waals surface area (Å²) >= 11 is 1.78. The average molecular weight is 169 g/mol. The van der Waals surface area contributed by atoms with E-state index in [9.17, 15) is 0 Å². The van der Waals surface area contributed by atoms with Gasteiger partial charge in [0.2, 0.25) is 0 Å². The van der Waals surface area contributed by atoms with Crippen molar-refractivity contribution in [2.75, 3.05) is 0 Å². The van der Waals surface area contributed by atoms with Gasteiger partial charge in [0.1, 0.15) is 0 Å². The zero-order valence-electron chi connectivity index (χ0n) is 7.13. The van der Waals surface area contributed by atoms with Crippen LogP contribution in [0.25, 0.3) is 0 Å². The van der Waals surface area contributed by atoms with Gasteiger partial charge in [-0.05, 0) is 29.9 Å². The molecule has 0 aliphatic heterocycles. The lowest BCUT2D eigenvalue weighted by Crippen LogP contribution is -2.08. The fourth-order valence-corrected chi connectivity index (χ4v) is 2.23. The van der Waals surface area contributed by atoms with E-state index in [0.29, 0.717) is 0 Å². The summed E-state index contributed by atoms with van der Waals surface area (Å²) in [7, 11) is 0. The second-order valence-electron chi connectivity index (χ2n) is 2.68. The molecule has 0 aliphatic carbocycles. The molecule has 2 heteroatoms. The topological polar surface area (TPSA) is 26.0 Å². The third-order valence-corrected chi connectivity index (χ3v) is 3.03. The van der Waals surface area contributed by atoms with Crippen molar-refractivity contribution >= 4 is 11.3 Å².